The highest BCUT2D eigenvalue weighted by molar-refractivity contribution is 5.91. The summed E-state index contributed by atoms with van der Waals surface area (Å²) in [5, 5.41) is 0. The Balaban J connectivity index is 2.15. The second-order valence-electron chi connectivity index (χ2n) is 4.14. The summed E-state index contributed by atoms with van der Waals surface area (Å²) in [6.45, 7) is 0.137. The molecule has 0 saturated carbocycles. The van der Waals surface area contributed by atoms with Gasteiger partial charge >= 0.3 is 5.97 Å². The number of hydrogen-bond donors (Lipinski definition) is 0. The van der Waals surface area contributed by atoms with Crippen LogP contribution in [0.15, 0.2) is 42.2 Å². The average molecular weight is 262 g/mol. The van der Waals surface area contributed by atoms with Crippen LogP contribution < -0.4 is 0 Å². The maximum Gasteiger partial charge on any atom is 0.341 e. The first kappa shape index (κ1) is 13.3. The molecule has 19 heavy (non-hydrogen) atoms. The fourth-order valence-corrected chi connectivity index (χ4v) is 1.88. The summed E-state index contributed by atoms with van der Waals surface area (Å²) in [4.78, 5) is 11.6. The van der Waals surface area contributed by atoms with Crippen LogP contribution in [0, 0.1) is 5.82 Å². The zero-order chi connectivity index (χ0) is 13.7. The summed E-state index contributed by atoms with van der Waals surface area (Å²) < 4.78 is 23.8. The quantitative estimate of drug-likeness (QED) is 0.780. The first-order chi connectivity index (χ1) is 9.22. The van der Waals surface area contributed by atoms with E-state index in [1.807, 2.05) is 18.2 Å². The van der Waals surface area contributed by atoms with Gasteiger partial charge in [0, 0.05) is 5.56 Å². The van der Waals surface area contributed by atoms with Crippen molar-refractivity contribution in [3.8, 4) is 0 Å². The Bertz CT molecular complexity index is 532. The molecule has 4 heteroatoms. The Morgan fingerprint density at radius 2 is 2.21 bits per heavy atom. The summed E-state index contributed by atoms with van der Waals surface area (Å²) in [5.41, 5.74) is 0.414. The van der Waals surface area contributed by atoms with Gasteiger partial charge in [-0.2, -0.15) is 0 Å². The number of rotatable bonds is 4. The fourth-order valence-electron chi connectivity index (χ4n) is 1.88. The lowest BCUT2D eigenvalue weighted by Crippen LogP contribution is -2.09. The number of allylic oxidation sites excluding steroid dienone is 3. The van der Waals surface area contributed by atoms with Gasteiger partial charge in [0.25, 0.3) is 0 Å². The second kappa shape index (κ2) is 6.18. The number of methoxy groups -OCH3 is 1. The summed E-state index contributed by atoms with van der Waals surface area (Å²) in [6, 6.07) is 4.43. The predicted molar refractivity (Wildman–Crippen MR) is 69.0 cm³/mol. The largest absolute Gasteiger partial charge is 0.489 e. The van der Waals surface area contributed by atoms with Crippen LogP contribution in [0.1, 0.15) is 28.8 Å². The number of carbonyl (C=O) groups excluding carboxylic acids is 1. The van der Waals surface area contributed by atoms with Crippen molar-refractivity contribution < 1.29 is 18.7 Å². The minimum atomic E-state index is -0.690. The van der Waals surface area contributed by atoms with Crippen LogP contribution in [0.3, 0.4) is 0 Å². The molecule has 1 aromatic rings. The van der Waals surface area contributed by atoms with Gasteiger partial charge in [-0.05, 0) is 31.1 Å². The monoisotopic (exact) mass is 262 g/mol. The van der Waals surface area contributed by atoms with Gasteiger partial charge in [0.2, 0.25) is 0 Å². The molecule has 1 aliphatic carbocycles. The third-order valence-electron chi connectivity index (χ3n) is 2.84. The highest BCUT2D eigenvalue weighted by atomic mass is 19.1. The van der Waals surface area contributed by atoms with Gasteiger partial charge < -0.3 is 9.47 Å². The Morgan fingerprint density at radius 1 is 1.37 bits per heavy atom. The summed E-state index contributed by atoms with van der Waals surface area (Å²) >= 11 is 0. The van der Waals surface area contributed by atoms with E-state index in [4.69, 9.17) is 4.74 Å². The summed E-state index contributed by atoms with van der Waals surface area (Å²) in [6.07, 6.45) is 7.79. The lowest BCUT2D eigenvalue weighted by molar-refractivity contribution is 0.0591. The highest BCUT2D eigenvalue weighted by Gasteiger charge is 2.17. The van der Waals surface area contributed by atoms with E-state index >= 15 is 0 Å². The van der Waals surface area contributed by atoms with E-state index in [1.165, 1.54) is 13.2 Å². The SMILES string of the molecule is COC(=O)c1c(F)cccc1COC1=CCCC=C1. The number of benzene rings is 1. The molecule has 2 rings (SSSR count). The van der Waals surface area contributed by atoms with Crippen molar-refractivity contribution in [2.75, 3.05) is 7.11 Å². The van der Waals surface area contributed by atoms with Gasteiger partial charge in [0.15, 0.2) is 0 Å². The lowest BCUT2D eigenvalue weighted by atomic mass is 10.1. The summed E-state index contributed by atoms with van der Waals surface area (Å²) in [7, 11) is 1.23. The van der Waals surface area contributed by atoms with Gasteiger partial charge in [-0.3, -0.25) is 0 Å². The number of halogens is 1. The molecular formula is C15H15FO3. The third kappa shape index (κ3) is 3.22. The number of carbonyl (C=O) groups is 1. The van der Waals surface area contributed by atoms with E-state index in [0.717, 1.165) is 18.6 Å². The lowest BCUT2D eigenvalue weighted by Gasteiger charge is -2.12. The van der Waals surface area contributed by atoms with Crippen LogP contribution in [-0.4, -0.2) is 13.1 Å². The molecule has 1 aliphatic rings. The van der Waals surface area contributed by atoms with Gasteiger partial charge in [-0.25, -0.2) is 9.18 Å². The van der Waals surface area contributed by atoms with Crippen LogP contribution in [0.5, 0.6) is 0 Å². The first-order valence-corrected chi connectivity index (χ1v) is 6.07. The molecule has 0 amide bonds. The van der Waals surface area contributed by atoms with Crippen molar-refractivity contribution in [1.82, 2.24) is 0 Å². The molecule has 0 atom stereocenters. The third-order valence-corrected chi connectivity index (χ3v) is 2.84. The topological polar surface area (TPSA) is 35.5 Å². The molecule has 0 bridgehead atoms. The van der Waals surface area contributed by atoms with Crippen molar-refractivity contribution in [2.45, 2.75) is 19.4 Å². The molecule has 1 aromatic carbocycles. The Kier molecular flexibility index (Phi) is 4.34. The van der Waals surface area contributed by atoms with Gasteiger partial charge in [0.1, 0.15) is 23.7 Å². The van der Waals surface area contributed by atoms with E-state index in [9.17, 15) is 9.18 Å². The molecule has 0 aliphatic heterocycles. The van der Waals surface area contributed by atoms with Crippen LogP contribution in [0.4, 0.5) is 4.39 Å². The van der Waals surface area contributed by atoms with Crippen molar-refractivity contribution >= 4 is 5.97 Å². The maximum absolute atomic E-state index is 13.7. The van der Waals surface area contributed by atoms with Crippen molar-refractivity contribution in [2.24, 2.45) is 0 Å². The molecule has 0 fully saturated rings. The first-order valence-electron chi connectivity index (χ1n) is 6.07. The van der Waals surface area contributed by atoms with Crippen LogP contribution >= 0.6 is 0 Å². The predicted octanol–water partition coefficient (Wildman–Crippen LogP) is 3.36. The average Bonchev–Trinajstić information content (AvgIpc) is 2.45. The smallest absolute Gasteiger partial charge is 0.341 e. The van der Waals surface area contributed by atoms with E-state index in [2.05, 4.69) is 4.74 Å². The number of hydrogen-bond acceptors (Lipinski definition) is 3. The van der Waals surface area contributed by atoms with Crippen LogP contribution in [-0.2, 0) is 16.1 Å². The normalized spacial score (nSPS) is 13.9. The van der Waals surface area contributed by atoms with E-state index < -0.39 is 11.8 Å². The minimum Gasteiger partial charge on any atom is -0.489 e. The van der Waals surface area contributed by atoms with Gasteiger partial charge in [-0.15, -0.1) is 0 Å². The Labute approximate surface area is 111 Å². The standard InChI is InChI=1S/C15H15FO3/c1-18-15(17)14-11(6-5-9-13(14)16)10-19-12-7-3-2-4-8-12/h3,5-9H,2,4,10H2,1H3. The minimum absolute atomic E-state index is 0.0645. The molecule has 0 aromatic heterocycles. The number of esters is 1. The van der Waals surface area contributed by atoms with Crippen molar-refractivity contribution in [1.29, 1.82) is 0 Å². The van der Waals surface area contributed by atoms with E-state index in [-0.39, 0.29) is 12.2 Å². The molecule has 0 spiro atoms. The van der Waals surface area contributed by atoms with Gasteiger partial charge in [-0.1, -0.05) is 18.2 Å². The zero-order valence-corrected chi connectivity index (χ0v) is 10.7. The summed E-state index contributed by atoms with van der Waals surface area (Å²) in [5.74, 6) is -0.544. The molecule has 0 radical (unpaired) electrons. The molecule has 0 saturated heterocycles. The molecule has 100 valence electrons. The maximum atomic E-state index is 13.7. The highest BCUT2D eigenvalue weighted by Crippen LogP contribution is 2.19. The fraction of sp³-hybridized carbons (Fsp3) is 0.267. The molecule has 3 nitrogen and oxygen atoms in total. The molecule has 0 N–H and O–H groups in total. The Hall–Kier alpha value is -2.10. The zero-order valence-electron chi connectivity index (χ0n) is 10.7. The molecular weight excluding hydrogens is 247 g/mol. The van der Waals surface area contributed by atoms with Crippen molar-refractivity contribution in [3.63, 3.8) is 0 Å². The van der Waals surface area contributed by atoms with E-state index in [1.54, 1.807) is 12.1 Å². The van der Waals surface area contributed by atoms with Crippen LogP contribution in [0.25, 0.3) is 0 Å². The van der Waals surface area contributed by atoms with Gasteiger partial charge in [0.05, 0.1) is 7.11 Å². The number of ether oxygens (including phenoxy) is 2. The molecule has 0 unspecified atom stereocenters. The van der Waals surface area contributed by atoms with Crippen molar-refractivity contribution in [3.05, 3.63) is 59.1 Å². The van der Waals surface area contributed by atoms with Crippen LogP contribution in [0.2, 0.25) is 0 Å². The second-order valence-corrected chi connectivity index (χ2v) is 4.14. The Morgan fingerprint density at radius 3 is 2.89 bits per heavy atom. The van der Waals surface area contributed by atoms with E-state index in [0.29, 0.717) is 5.56 Å². The molecule has 0 heterocycles.